The molecule has 4 rings (SSSR count). The molecule has 0 aromatic heterocycles. The van der Waals surface area contributed by atoms with Crippen molar-refractivity contribution in [1.82, 2.24) is 0 Å². The highest BCUT2D eigenvalue weighted by Gasteiger charge is 2.19. The second-order valence-electron chi connectivity index (χ2n) is 5.68. The average Bonchev–Trinajstić information content (AvgIpc) is 2.56. The molecule has 2 heteroatoms. The number of hydrogen-bond acceptors (Lipinski definition) is 2. The fraction of sp³-hybridized carbons (Fsp3) is 0.100. The Labute approximate surface area is 128 Å². The van der Waals surface area contributed by atoms with Gasteiger partial charge in [0.2, 0.25) is 0 Å². The second-order valence-corrected chi connectivity index (χ2v) is 5.68. The first-order valence-electron chi connectivity index (χ1n) is 7.19. The van der Waals surface area contributed by atoms with Gasteiger partial charge in [0.1, 0.15) is 12.1 Å². The third-order valence-corrected chi connectivity index (χ3v) is 4.76. The molecule has 0 fully saturated rings. The zero-order valence-electron chi connectivity index (χ0n) is 12.4. The highest BCUT2D eigenvalue weighted by atomic mass is 14.3. The Morgan fingerprint density at radius 2 is 1.00 bits per heavy atom. The van der Waals surface area contributed by atoms with Crippen molar-refractivity contribution in [3.8, 4) is 12.1 Å². The number of aryl methyl sites for hydroxylation is 2. The molecule has 0 unspecified atom stereocenters. The summed E-state index contributed by atoms with van der Waals surface area (Å²) in [6.45, 7) is 4.24. The van der Waals surface area contributed by atoms with Crippen LogP contribution in [0, 0.1) is 36.5 Å². The molecule has 0 atom stereocenters. The molecule has 0 aliphatic carbocycles. The van der Waals surface area contributed by atoms with Crippen LogP contribution in [0.5, 0.6) is 0 Å². The van der Waals surface area contributed by atoms with E-state index in [4.69, 9.17) is 0 Å². The van der Waals surface area contributed by atoms with Gasteiger partial charge in [0.15, 0.2) is 0 Å². The lowest BCUT2D eigenvalue weighted by atomic mass is 9.84. The normalized spacial score (nSPS) is 11.1. The molecule has 0 bridgehead atoms. The maximum Gasteiger partial charge on any atom is 0.101 e. The lowest BCUT2D eigenvalue weighted by molar-refractivity contribution is 1.41. The monoisotopic (exact) mass is 280 g/mol. The van der Waals surface area contributed by atoms with Crippen molar-refractivity contribution >= 4 is 32.3 Å². The zero-order valence-corrected chi connectivity index (χ0v) is 12.4. The summed E-state index contributed by atoms with van der Waals surface area (Å²) in [6, 6.07) is 16.5. The summed E-state index contributed by atoms with van der Waals surface area (Å²) < 4.78 is 0. The Balaban J connectivity index is 2.55. The van der Waals surface area contributed by atoms with Crippen LogP contribution in [0.4, 0.5) is 0 Å². The molecule has 0 radical (unpaired) electrons. The van der Waals surface area contributed by atoms with Gasteiger partial charge >= 0.3 is 0 Å². The molecule has 0 amide bonds. The number of rotatable bonds is 0. The fourth-order valence-electron chi connectivity index (χ4n) is 3.59. The highest BCUT2D eigenvalue weighted by molar-refractivity contribution is 6.27. The van der Waals surface area contributed by atoms with Gasteiger partial charge in [0.05, 0.1) is 11.1 Å². The van der Waals surface area contributed by atoms with E-state index in [1.807, 2.05) is 24.3 Å². The summed E-state index contributed by atoms with van der Waals surface area (Å²) in [7, 11) is 0. The molecule has 2 nitrogen and oxygen atoms in total. The molecule has 0 aliphatic rings. The number of hydrogen-bond donors (Lipinski definition) is 0. The van der Waals surface area contributed by atoms with Crippen molar-refractivity contribution < 1.29 is 0 Å². The third-order valence-electron chi connectivity index (χ3n) is 4.76. The average molecular weight is 280 g/mol. The maximum absolute atomic E-state index is 9.59. The van der Waals surface area contributed by atoms with Crippen LogP contribution in [0.2, 0.25) is 0 Å². The van der Waals surface area contributed by atoms with Gasteiger partial charge in [0.25, 0.3) is 0 Å². The maximum atomic E-state index is 9.59. The molecule has 0 N–H and O–H groups in total. The summed E-state index contributed by atoms with van der Waals surface area (Å²) >= 11 is 0. The molecule has 0 saturated carbocycles. The molecule has 0 saturated heterocycles. The topological polar surface area (TPSA) is 47.6 Å². The molecule has 4 aromatic rings. The number of nitriles is 2. The van der Waals surface area contributed by atoms with Crippen LogP contribution in [0.15, 0.2) is 36.4 Å². The molecule has 22 heavy (non-hydrogen) atoms. The largest absolute Gasteiger partial charge is 0.192 e. The summed E-state index contributed by atoms with van der Waals surface area (Å²) in [5.74, 6) is 0. The minimum Gasteiger partial charge on any atom is -0.192 e. The summed E-state index contributed by atoms with van der Waals surface area (Å²) in [4.78, 5) is 0. The summed E-state index contributed by atoms with van der Waals surface area (Å²) in [6.07, 6.45) is 0. The van der Waals surface area contributed by atoms with Gasteiger partial charge in [-0.3, -0.25) is 0 Å². The molecule has 0 aliphatic heterocycles. The van der Waals surface area contributed by atoms with Crippen molar-refractivity contribution in [3.05, 3.63) is 58.7 Å². The van der Waals surface area contributed by atoms with E-state index in [0.717, 1.165) is 21.5 Å². The van der Waals surface area contributed by atoms with Gasteiger partial charge in [-0.2, -0.15) is 10.5 Å². The molecule has 0 heterocycles. The molecule has 102 valence electrons. The fourth-order valence-corrected chi connectivity index (χ4v) is 3.59. The third kappa shape index (κ3) is 1.32. The minimum atomic E-state index is 0.483. The van der Waals surface area contributed by atoms with E-state index in [1.165, 1.54) is 21.9 Å². The quantitative estimate of drug-likeness (QED) is 0.428. The Morgan fingerprint density at radius 3 is 1.36 bits per heavy atom. The SMILES string of the molecule is Cc1c(C)c2cccc3c(C#N)c(C#N)c4cccc1c4c23. The molecule has 0 spiro atoms. The van der Waals surface area contributed by atoms with Crippen LogP contribution in [0.1, 0.15) is 22.3 Å². The Kier molecular flexibility index (Phi) is 2.41. The molecule has 4 aromatic carbocycles. The highest BCUT2D eigenvalue weighted by Crippen LogP contribution is 2.41. The first kappa shape index (κ1) is 12.6. The van der Waals surface area contributed by atoms with Crippen molar-refractivity contribution in [2.24, 2.45) is 0 Å². The summed E-state index contributed by atoms with van der Waals surface area (Å²) in [5, 5.41) is 25.5. The Bertz CT molecular complexity index is 1060. The van der Waals surface area contributed by atoms with E-state index in [9.17, 15) is 10.5 Å². The first-order chi connectivity index (χ1) is 10.7. The van der Waals surface area contributed by atoms with E-state index in [1.54, 1.807) is 0 Å². The standard InChI is InChI=1S/C20H12N2/c1-11-12(2)14-6-4-8-16-18(10-22)17(9-21)15-7-3-5-13(11)19(15)20(14)16/h3-8H,1-2H3. The summed E-state index contributed by atoms with van der Waals surface area (Å²) in [5.41, 5.74) is 3.44. The number of benzene rings is 4. The van der Waals surface area contributed by atoms with Crippen molar-refractivity contribution in [1.29, 1.82) is 10.5 Å². The van der Waals surface area contributed by atoms with Crippen LogP contribution < -0.4 is 0 Å². The predicted molar refractivity (Wildman–Crippen MR) is 89.1 cm³/mol. The number of nitrogens with zero attached hydrogens (tertiary/aromatic N) is 2. The minimum absolute atomic E-state index is 0.483. The lowest BCUT2D eigenvalue weighted by Gasteiger charge is -2.17. The zero-order chi connectivity index (χ0) is 15.4. The van der Waals surface area contributed by atoms with Crippen LogP contribution in [-0.4, -0.2) is 0 Å². The Hall–Kier alpha value is -3.10. The van der Waals surface area contributed by atoms with Crippen molar-refractivity contribution in [3.63, 3.8) is 0 Å². The van der Waals surface area contributed by atoms with Crippen molar-refractivity contribution in [2.45, 2.75) is 13.8 Å². The first-order valence-corrected chi connectivity index (χ1v) is 7.19. The molecular weight excluding hydrogens is 268 g/mol. The van der Waals surface area contributed by atoms with Gasteiger partial charge in [-0.15, -0.1) is 0 Å². The predicted octanol–water partition coefficient (Wildman–Crippen LogP) is 4.94. The van der Waals surface area contributed by atoms with E-state index < -0.39 is 0 Å². The van der Waals surface area contributed by atoms with E-state index in [2.05, 4.69) is 38.1 Å². The van der Waals surface area contributed by atoms with Crippen LogP contribution in [-0.2, 0) is 0 Å². The van der Waals surface area contributed by atoms with Crippen LogP contribution in [0.25, 0.3) is 32.3 Å². The second kappa shape index (κ2) is 4.20. The van der Waals surface area contributed by atoms with Crippen LogP contribution in [0.3, 0.4) is 0 Å². The molecular formula is C20H12N2. The van der Waals surface area contributed by atoms with E-state index in [-0.39, 0.29) is 0 Å². The van der Waals surface area contributed by atoms with Gasteiger partial charge in [-0.1, -0.05) is 36.4 Å². The van der Waals surface area contributed by atoms with Crippen LogP contribution >= 0.6 is 0 Å². The Morgan fingerprint density at radius 1 is 0.636 bits per heavy atom. The van der Waals surface area contributed by atoms with Crippen molar-refractivity contribution in [2.75, 3.05) is 0 Å². The lowest BCUT2D eigenvalue weighted by Crippen LogP contribution is -1.96. The van der Waals surface area contributed by atoms with Gasteiger partial charge in [0, 0.05) is 10.8 Å². The van der Waals surface area contributed by atoms with Gasteiger partial charge in [-0.25, -0.2) is 0 Å². The van der Waals surface area contributed by atoms with E-state index >= 15 is 0 Å². The smallest absolute Gasteiger partial charge is 0.101 e. The van der Waals surface area contributed by atoms with E-state index in [0.29, 0.717) is 11.1 Å². The van der Waals surface area contributed by atoms with Gasteiger partial charge < -0.3 is 0 Å². The van der Waals surface area contributed by atoms with Gasteiger partial charge in [-0.05, 0) is 46.5 Å².